The third-order valence-electron chi connectivity index (χ3n) is 2.19. The molecule has 76 valence electrons. The highest BCUT2D eigenvalue weighted by atomic mass is 35.5. The van der Waals surface area contributed by atoms with Gasteiger partial charge >= 0.3 is 6.16 Å². The van der Waals surface area contributed by atoms with E-state index in [4.69, 9.17) is 27.5 Å². The molecule has 0 saturated carbocycles. The molecule has 4 heteroatoms. The molecule has 1 unspecified atom stereocenters. The molecule has 1 fully saturated rings. The van der Waals surface area contributed by atoms with Crippen molar-refractivity contribution in [2.45, 2.75) is 5.60 Å². The lowest BCUT2D eigenvalue weighted by atomic mass is 9.96. The lowest BCUT2D eigenvalue weighted by Gasteiger charge is -2.18. The van der Waals surface area contributed by atoms with Crippen molar-refractivity contribution in [1.82, 2.24) is 0 Å². The molecule has 0 bridgehead atoms. The number of ether oxygens (including phenoxy) is 2. The summed E-state index contributed by atoms with van der Waals surface area (Å²) >= 11 is 5.74. The quantitative estimate of drug-likeness (QED) is 0.541. The van der Waals surface area contributed by atoms with Crippen molar-refractivity contribution >= 4 is 17.8 Å². The number of carbonyl (C=O) groups excluding carboxylic acids is 1. The molecule has 1 heterocycles. The van der Waals surface area contributed by atoms with Crippen molar-refractivity contribution in [2.24, 2.45) is 0 Å². The van der Waals surface area contributed by atoms with E-state index in [1.54, 1.807) is 24.3 Å². The zero-order chi connectivity index (χ0) is 10.9. The summed E-state index contributed by atoms with van der Waals surface area (Å²) in [5.74, 6) is 2.43. The Morgan fingerprint density at radius 2 is 2.07 bits per heavy atom. The minimum absolute atomic E-state index is 0.0317. The number of halogens is 1. The second kappa shape index (κ2) is 3.48. The van der Waals surface area contributed by atoms with Gasteiger partial charge in [0, 0.05) is 10.6 Å². The van der Waals surface area contributed by atoms with Crippen LogP contribution in [0.2, 0.25) is 5.02 Å². The third kappa shape index (κ3) is 1.64. The zero-order valence-corrected chi connectivity index (χ0v) is 8.45. The lowest BCUT2D eigenvalue weighted by Crippen LogP contribution is -2.26. The summed E-state index contributed by atoms with van der Waals surface area (Å²) in [6, 6.07) is 6.79. The molecule has 0 amide bonds. The van der Waals surface area contributed by atoms with Gasteiger partial charge in [-0.2, -0.15) is 0 Å². The first-order chi connectivity index (χ1) is 7.16. The maximum atomic E-state index is 10.9. The highest BCUT2D eigenvalue weighted by Gasteiger charge is 2.42. The van der Waals surface area contributed by atoms with Gasteiger partial charge in [0.05, 0.1) is 0 Å². The zero-order valence-electron chi connectivity index (χ0n) is 7.70. The van der Waals surface area contributed by atoms with Crippen LogP contribution in [0.5, 0.6) is 0 Å². The minimum Gasteiger partial charge on any atom is -0.428 e. The Balaban J connectivity index is 2.40. The second-order valence-electron chi connectivity index (χ2n) is 3.12. The van der Waals surface area contributed by atoms with Crippen molar-refractivity contribution in [2.75, 3.05) is 6.61 Å². The number of cyclic esters (lactones) is 2. The van der Waals surface area contributed by atoms with Crippen LogP contribution in [0.3, 0.4) is 0 Å². The van der Waals surface area contributed by atoms with Gasteiger partial charge in [-0.25, -0.2) is 4.79 Å². The minimum atomic E-state index is -1.11. The first-order valence-electron chi connectivity index (χ1n) is 4.26. The van der Waals surface area contributed by atoms with Gasteiger partial charge in [0.1, 0.15) is 0 Å². The van der Waals surface area contributed by atoms with Crippen molar-refractivity contribution in [1.29, 1.82) is 0 Å². The molecule has 0 N–H and O–H groups in total. The van der Waals surface area contributed by atoms with Crippen LogP contribution in [0.1, 0.15) is 5.56 Å². The fraction of sp³-hybridized carbons (Fsp3) is 0.182. The Hall–Kier alpha value is -1.66. The summed E-state index contributed by atoms with van der Waals surface area (Å²) in [5.41, 5.74) is -0.429. The predicted octanol–water partition coefficient (Wildman–Crippen LogP) is 2.34. The van der Waals surface area contributed by atoms with Gasteiger partial charge in [0.2, 0.25) is 5.60 Å². The van der Waals surface area contributed by atoms with Crippen molar-refractivity contribution < 1.29 is 14.3 Å². The molecule has 1 aliphatic heterocycles. The van der Waals surface area contributed by atoms with Crippen LogP contribution in [-0.4, -0.2) is 12.8 Å². The number of benzene rings is 1. The SMILES string of the molecule is C#CC1(c2ccc(Cl)cc2)COC(=O)O1. The molecular weight excluding hydrogens is 216 g/mol. The largest absolute Gasteiger partial charge is 0.510 e. The van der Waals surface area contributed by atoms with E-state index in [9.17, 15) is 4.79 Å². The van der Waals surface area contributed by atoms with E-state index in [2.05, 4.69) is 5.92 Å². The molecule has 0 radical (unpaired) electrons. The summed E-state index contributed by atoms with van der Waals surface area (Å²) < 4.78 is 9.69. The van der Waals surface area contributed by atoms with E-state index in [1.165, 1.54) is 0 Å². The van der Waals surface area contributed by atoms with E-state index in [0.717, 1.165) is 0 Å². The van der Waals surface area contributed by atoms with E-state index >= 15 is 0 Å². The van der Waals surface area contributed by atoms with Crippen molar-refractivity contribution in [3.63, 3.8) is 0 Å². The average Bonchev–Trinajstić information content (AvgIpc) is 2.62. The Morgan fingerprint density at radius 1 is 1.40 bits per heavy atom. The number of rotatable bonds is 1. The lowest BCUT2D eigenvalue weighted by molar-refractivity contribution is 0.0940. The summed E-state index contributed by atoms with van der Waals surface area (Å²) in [6.45, 7) is 0.0317. The molecule has 3 nitrogen and oxygen atoms in total. The van der Waals surface area contributed by atoms with Gasteiger partial charge in [0.25, 0.3) is 0 Å². The van der Waals surface area contributed by atoms with Crippen LogP contribution < -0.4 is 0 Å². The predicted molar refractivity (Wildman–Crippen MR) is 54.4 cm³/mol. The smallest absolute Gasteiger partial charge is 0.428 e. The molecule has 15 heavy (non-hydrogen) atoms. The Kier molecular flexibility index (Phi) is 2.29. The molecule has 0 aromatic heterocycles. The number of hydrogen-bond donors (Lipinski definition) is 0. The molecule has 1 aromatic rings. The van der Waals surface area contributed by atoms with Gasteiger partial charge in [-0.3, -0.25) is 0 Å². The molecule has 1 aromatic carbocycles. The average molecular weight is 223 g/mol. The maximum Gasteiger partial charge on any atom is 0.510 e. The summed E-state index contributed by atoms with van der Waals surface area (Å²) in [5, 5.41) is 0.594. The highest BCUT2D eigenvalue weighted by molar-refractivity contribution is 6.30. The fourth-order valence-electron chi connectivity index (χ4n) is 1.38. The summed E-state index contributed by atoms with van der Waals surface area (Å²) in [7, 11) is 0. The molecule has 1 atom stereocenters. The first kappa shape index (κ1) is 9.88. The molecule has 1 aliphatic rings. The van der Waals surface area contributed by atoms with E-state index in [-0.39, 0.29) is 6.61 Å². The van der Waals surface area contributed by atoms with Gasteiger partial charge in [-0.1, -0.05) is 29.7 Å². The van der Waals surface area contributed by atoms with Crippen LogP contribution in [0.15, 0.2) is 24.3 Å². The van der Waals surface area contributed by atoms with Crippen molar-refractivity contribution in [3.05, 3.63) is 34.9 Å². The van der Waals surface area contributed by atoms with Crippen LogP contribution in [0.4, 0.5) is 4.79 Å². The Morgan fingerprint density at radius 3 is 2.53 bits per heavy atom. The van der Waals surface area contributed by atoms with Crippen molar-refractivity contribution in [3.8, 4) is 12.3 Å². The fourth-order valence-corrected chi connectivity index (χ4v) is 1.50. The van der Waals surface area contributed by atoms with Crippen LogP contribution in [-0.2, 0) is 15.1 Å². The summed E-state index contributed by atoms with van der Waals surface area (Å²) in [6.07, 6.45) is 4.61. The summed E-state index contributed by atoms with van der Waals surface area (Å²) in [4.78, 5) is 10.9. The Labute approximate surface area is 91.9 Å². The monoisotopic (exact) mass is 222 g/mol. The van der Waals surface area contributed by atoms with E-state index < -0.39 is 11.8 Å². The standard InChI is InChI=1S/C11H7ClO3/c1-2-11(7-14-10(13)15-11)8-3-5-9(12)6-4-8/h1,3-6H,7H2. The van der Waals surface area contributed by atoms with Gasteiger partial charge in [0.15, 0.2) is 6.61 Å². The number of carbonyl (C=O) groups is 1. The highest BCUT2D eigenvalue weighted by Crippen LogP contribution is 2.31. The van der Waals surface area contributed by atoms with Gasteiger partial charge in [-0.15, -0.1) is 6.42 Å². The van der Waals surface area contributed by atoms with Crippen LogP contribution >= 0.6 is 11.6 Å². The number of terminal acetylenes is 1. The normalized spacial score (nSPS) is 24.1. The Bertz CT molecular complexity index is 432. The molecular formula is C11H7ClO3. The van der Waals surface area contributed by atoms with Gasteiger partial charge in [-0.05, 0) is 12.1 Å². The first-order valence-corrected chi connectivity index (χ1v) is 4.64. The van der Waals surface area contributed by atoms with Gasteiger partial charge < -0.3 is 9.47 Å². The second-order valence-corrected chi connectivity index (χ2v) is 3.56. The van der Waals surface area contributed by atoms with Crippen LogP contribution in [0.25, 0.3) is 0 Å². The van der Waals surface area contributed by atoms with E-state index in [1.807, 2.05) is 0 Å². The third-order valence-corrected chi connectivity index (χ3v) is 2.45. The molecule has 1 saturated heterocycles. The molecule has 0 spiro atoms. The van der Waals surface area contributed by atoms with Crippen LogP contribution in [0, 0.1) is 12.3 Å². The van der Waals surface area contributed by atoms with E-state index in [0.29, 0.717) is 10.6 Å². The molecule has 2 rings (SSSR count). The number of hydrogen-bond acceptors (Lipinski definition) is 3. The maximum absolute atomic E-state index is 10.9. The molecule has 0 aliphatic carbocycles. The topological polar surface area (TPSA) is 35.5 Å².